The van der Waals surface area contributed by atoms with E-state index in [1.165, 1.54) is 35.6 Å². The van der Waals surface area contributed by atoms with Crippen LogP contribution in [0.2, 0.25) is 0 Å². The molecule has 0 aliphatic rings. The van der Waals surface area contributed by atoms with Crippen molar-refractivity contribution in [3.8, 4) is 21.7 Å². The first kappa shape index (κ1) is 18.7. The summed E-state index contributed by atoms with van der Waals surface area (Å²) in [6.07, 6.45) is 0. The summed E-state index contributed by atoms with van der Waals surface area (Å²) < 4.78 is 13.3. The van der Waals surface area contributed by atoms with Gasteiger partial charge in [-0.1, -0.05) is 36.4 Å². The summed E-state index contributed by atoms with van der Waals surface area (Å²) in [6.45, 7) is 0. The number of aromatic nitrogens is 1. The normalized spacial score (nSPS) is 11.1. The molecule has 5 aromatic rings. The van der Waals surface area contributed by atoms with Gasteiger partial charge in [0.2, 0.25) is 5.78 Å². The standard InChI is InChI=1S/C24H15FN2OS2/c25-16-10-8-15(9-11-16)22(28)23-21(26)20-17(14-5-2-1-3-6-14)13-18(27-24(20)30-23)19-7-4-12-29-19/h1-13H,26H2. The van der Waals surface area contributed by atoms with Crippen molar-refractivity contribution >= 4 is 44.4 Å². The second-order valence-electron chi connectivity index (χ2n) is 6.76. The number of nitrogen functional groups attached to an aromatic ring is 1. The molecule has 0 saturated carbocycles. The van der Waals surface area contributed by atoms with E-state index in [4.69, 9.17) is 10.7 Å². The fraction of sp³-hybridized carbons (Fsp3) is 0. The molecular weight excluding hydrogens is 415 g/mol. The minimum absolute atomic E-state index is 0.229. The molecule has 3 nitrogen and oxygen atoms in total. The van der Waals surface area contributed by atoms with Crippen LogP contribution in [-0.2, 0) is 0 Å². The zero-order valence-electron chi connectivity index (χ0n) is 15.6. The van der Waals surface area contributed by atoms with E-state index in [0.717, 1.165) is 27.1 Å². The van der Waals surface area contributed by atoms with Gasteiger partial charge in [-0.25, -0.2) is 9.37 Å². The smallest absolute Gasteiger partial charge is 0.205 e. The van der Waals surface area contributed by atoms with Gasteiger partial charge in [0.15, 0.2) is 0 Å². The minimum atomic E-state index is -0.385. The number of fused-ring (bicyclic) bond motifs is 1. The number of ketones is 1. The number of thiophene rings is 2. The molecule has 0 radical (unpaired) electrons. The van der Waals surface area contributed by atoms with E-state index in [-0.39, 0.29) is 11.6 Å². The first-order valence-corrected chi connectivity index (χ1v) is 10.9. The van der Waals surface area contributed by atoms with Gasteiger partial charge in [-0.05, 0) is 52.9 Å². The van der Waals surface area contributed by atoms with Crippen molar-refractivity contribution < 1.29 is 9.18 Å². The molecule has 0 aliphatic heterocycles. The molecule has 0 spiro atoms. The number of anilines is 1. The summed E-state index contributed by atoms with van der Waals surface area (Å²) in [4.78, 5) is 20.1. The minimum Gasteiger partial charge on any atom is -0.397 e. The Labute approximate surface area is 180 Å². The highest BCUT2D eigenvalue weighted by molar-refractivity contribution is 7.21. The van der Waals surface area contributed by atoms with Crippen LogP contribution in [0.15, 0.2) is 78.2 Å². The van der Waals surface area contributed by atoms with Gasteiger partial charge in [-0.15, -0.1) is 22.7 Å². The second-order valence-corrected chi connectivity index (χ2v) is 8.71. The van der Waals surface area contributed by atoms with E-state index in [9.17, 15) is 9.18 Å². The summed E-state index contributed by atoms with van der Waals surface area (Å²) in [5.74, 6) is -0.614. The van der Waals surface area contributed by atoms with Crippen molar-refractivity contribution in [1.29, 1.82) is 0 Å². The zero-order valence-corrected chi connectivity index (χ0v) is 17.3. The van der Waals surface area contributed by atoms with Crippen LogP contribution >= 0.6 is 22.7 Å². The monoisotopic (exact) mass is 430 g/mol. The molecule has 2 aromatic carbocycles. The highest BCUT2D eigenvalue weighted by Gasteiger charge is 2.22. The molecule has 5 rings (SSSR count). The summed E-state index contributed by atoms with van der Waals surface area (Å²) in [5.41, 5.74) is 10.1. The molecule has 0 bridgehead atoms. The SMILES string of the molecule is Nc1c(C(=O)c2ccc(F)cc2)sc2nc(-c3cccs3)cc(-c3ccccc3)c12. The number of carbonyl (C=O) groups is 1. The second kappa shape index (κ2) is 7.48. The van der Waals surface area contributed by atoms with E-state index in [0.29, 0.717) is 21.0 Å². The molecule has 0 amide bonds. The summed E-state index contributed by atoms with van der Waals surface area (Å²) in [7, 11) is 0. The maximum absolute atomic E-state index is 13.3. The number of nitrogens with zero attached hydrogens (tertiary/aromatic N) is 1. The van der Waals surface area contributed by atoms with Crippen molar-refractivity contribution in [2.45, 2.75) is 0 Å². The molecule has 0 saturated heterocycles. The maximum atomic E-state index is 13.3. The lowest BCUT2D eigenvalue weighted by molar-refractivity contribution is 0.104. The van der Waals surface area contributed by atoms with Crippen LogP contribution in [0.3, 0.4) is 0 Å². The summed E-state index contributed by atoms with van der Waals surface area (Å²) in [6, 6.07) is 21.5. The maximum Gasteiger partial charge on any atom is 0.205 e. The highest BCUT2D eigenvalue weighted by atomic mass is 32.1. The number of hydrogen-bond acceptors (Lipinski definition) is 5. The number of benzene rings is 2. The van der Waals surface area contributed by atoms with E-state index in [1.54, 1.807) is 11.3 Å². The molecule has 146 valence electrons. The van der Waals surface area contributed by atoms with Crippen molar-refractivity contribution in [1.82, 2.24) is 4.98 Å². The third-order valence-electron chi connectivity index (χ3n) is 4.87. The Balaban J connectivity index is 1.75. The van der Waals surface area contributed by atoms with E-state index in [2.05, 4.69) is 0 Å². The lowest BCUT2D eigenvalue weighted by Crippen LogP contribution is -2.02. The predicted molar refractivity (Wildman–Crippen MR) is 123 cm³/mol. The quantitative estimate of drug-likeness (QED) is 0.325. The van der Waals surface area contributed by atoms with Gasteiger partial charge in [0.05, 0.1) is 16.3 Å². The van der Waals surface area contributed by atoms with Crippen LogP contribution < -0.4 is 5.73 Å². The Bertz CT molecular complexity index is 1360. The number of nitrogens with two attached hydrogens (primary N) is 1. The fourth-order valence-corrected chi connectivity index (χ4v) is 5.19. The van der Waals surface area contributed by atoms with Crippen LogP contribution in [0.1, 0.15) is 15.2 Å². The average Bonchev–Trinajstić information content (AvgIpc) is 3.42. The van der Waals surface area contributed by atoms with Gasteiger partial charge in [-0.3, -0.25) is 4.79 Å². The van der Waals surface area contributed by atoms with E-state index in [1.807, 2.05) is 53.9 Å². The van der Waals surface area contributed by atoms with Crippen molar-refractivity contribution in [2.75, 3.05) is 5.73 Å². The largest absolute Gasteiger partial charge is 0.397 e. The number of halogens is 1. The summed E-state index contributed by atoms with van der Waals surface area (Å²) >= 11 is 2.89. The number of rotatable bonds is 4. The molecule has 2 N–H and O–H groups in total. The van der Waals surface area contributed by atoms with Gasteiger partial charge >= 0.3 is 0 Å². The van der Waals surface area contributed by atoms with Crippen LogP contribution in [0.5, 0.6) is 0 Å². The molecule has 0 unspecified atom stereocenters. The highest BCUT2D eigenvalue weighted by Crippen LogP contribution is 2.42. The van der Waals surface area contributed by atoms with Gasteiger partial charge in [0.25, 0.3) is 0 Å². The Hall–Kier alpha value is -3.35. The van der Waals surface area contributed by atoms with Crippen molar-refractivity contribution in [2.24, 2.45) is 0 Å². The molecule has 0 fully saturated rings. The van der Waals surface area contributed by atoms with Gasteiger partial charge in [-0.2, -0.15) is 0 Å². The first-order valence-electron chi connectivity index (χ1n) is 9.24. The topological polar surface area (TPSA) is 56.0 Å². The number of carbonyl (C=O) groups excluding carboxylic acids is 1. The average molecular weight is 431 g/mol. The lowest BCUT2D eigenvalue weighted by Gasteiger charge is -2.08. The lowest BCUT2D eigenvalue weighted by atomic mass is 10.00. The molecule has 3 aromatic heterocycles. The summed E-state index contributed by atoms with van der Waals surface area (Å²) in [5, 5.41) is 2.78. The van der Waals surface area contributed by atoms with Crippen LogP contribution in [-0.4, -0.2) is 10.8 Å². The third kappa shape index (κ3) is 3.20. The Morgan fingerprint density at radius 1 is 0.967 bits per heavy atom. The fourth-order valence-electron chi connectivity index (χ4n) is 3.42. The van der Waals surface area contributed by atoms with Gasteiger partial charge in [0, 0.05) is 10.9 Å². The molecule has 0 atom stereocenters. The molecule has 30 heavy (non-hydrogen) atoms. The van der Waals surface area contributed by atoms with E-state index < -0.39 is 0 Å². The van der Waals surface area contributed by atoms with Gasteiger partial charge < -0.3 is 5.73 Å². The zero-order chi connectivity index (χ0) is 20.7. The number of pyridine rings is 1. The number of hydrogen-bond donors (Lipinski definition) is 1. The Kier molecular flexibility index (Phi) is 4.65. The first-order chi connectivity index (χ1) is 14.6. The van der Waals surface area contributed by atoms with Gasteiger partial charge in [0.1, 0.15) is 15.5 Å². The van der Waals surface area contributed by atoms with E-state index >= 15 is 0 Å². The third-order valence-corrected chi connectivity index (χ3v) is 6.86. The Morgan fingerprint density at radius 3 is 2.43 bits per heavy atom. The Morgan fingerprint density at radius 2 is 1.73 bits per heavy atom. The van der Waals surface area contributed by atoms with Crippen LogP contribution in [0.25, 0.3) is 31.9 Å². The molecular formula is C24H15FN2OS2. The molecule has 3 heterocycles. The van der Waals surface area contributed by atoms with Crippen LogP contribution in [0.4, 0.5) is 10.1 Å². The predicted octanol–water partition coefficient (Wildman–Crippen LogP) is 6.64. The van der Waals surface area contributed by atoms with Crippen LogP contribution in [0, 0.1) is 5.82 Å². The molecule has 6 heteroatoms. The van der Waals surface area contributed by atoms with Crippen molar-refractivity contribution in [3.63, 3.8) is 0 Å². The molecule has 0 aliphatic carbocycles. The van der Waals surface area contributed by atoms with Crippen molar-refractivity contribution in [3.05, 3.63) is 94.4 Å².